The Morgan fingerprint density at radius 1 is 1.00 bits per heavy atom. The van der Waals surface area contributed by atoms with E-state index in [4.69, 9.17) is 0 Å². The number of fused-ring (bicyclic) bond motifs is 1. The Balaban J connectivity index is 1.49. The largest absolute Gasteiger partial charge is 0.366 e. The Morgan fingerprint density at radius 3 is 2.50 bits per heavy atom. The lowest BCUT2D eigenvalue weighted by atomic mass is 9.89. The van der Waals surface area contributed by atoms with Crippen LogP contribution in [0.4, 0.5) is 28.4 Å². The Bertz CT molecular complexity index is 897. The molecule has 0 bridgehead atoms. The normalized spacial score (nSPS) is 18.9. The molecule has 0 unspecified atom stereocenters. The third-order valence-corrected chi connectivity index (χ3v) is 7.57. The second kappa shape index (κ2) is 9.89. The van der Waals surface area contributed by atoms with Crippen LogP contribution in [0.25, 0.3) is 0 Å². The Morgan fingerprint density at radius 2 is 1.75 bits per heavy atom. The maximum absolute atomic E-state index is 4.09. The van der Waals surface area contributed by atoms with Gasteiger partial charge >= 0.3 is 0 Å². The van der Waals surface area contributed by atoms with Crippen molar-refractivity contribution in [2.24, 2.45) is 5.92 Å². The number of nitrogens with one attached hydrogen (secondary N) is 2. The Kier molecular flexibility index (Phi) is 6.56. The molecule has 4 nitrogen and oxygen atoms in total. The van der Waals surface area contributed by atoms with Crippen molar-refractivity contribution in [3.63, 3.8) is 0 Å². The van der Waals surface area contributed by atoms with Crippen LogP contribution in [0.2, 0.25) is 0 Å². The molecular formula is C28H38N4. The number of rotatable bonds is 8. The van der Waals surface area contributed by atoms with Gasteiger partial charge in [-0.3, -0.25) is 0 Å². The van der Waals surface area contributed by atoms with Gasteiger partial charge in [-0.2, -0.15) is 0 Å². The van der Waals surface area contributed by atoms with Gasteiger partial charge in [-0.1, -0.05) is 56.4 Å². The standard InChI is InChI=1S/C28H38N4/c1-2-17-32(24-15-9-10-16-24)28-19-27-25(18-26(28)30-23-13-7-4-8-14-23)29-21-31(27)20-22-11-5-3-6-12-22/h2,4,7-8,13-14,18-19,22,24,29-30H,1,3,5-6,9-12,15-17,20-21H2. The topological polar surface area (TPSA) is 30.5 Å². The monoisotopic (exact) mass is 430 g/mol. The third-order valence-electron chi connectivity index (χ3n) is 7.57. The summed E-state index contributed by atoms with van der Waals surface area (Å²) in [6.45, 7) is 7.08. The van der Waals surface area contributed by atoms with Crippen molar-refractivity contribution in [2.75, 3.05) is 40.2 Å². The highest BCUT2D eigenvalue weighted by Crippen LogP contribution is 2.44. The molecule has 170 valence electrons. The molecule has 0 atom stereocenters. The lowest BCUT2D eigenvalue weighted by Crippen LogP contribution is -2.34. The van der Waals surface area contributed by atoms with Crippen molar-refractivity contribution in [1.29, 1.82) is 0 Å². The quantitative estimate of drug-likeness (QED) is 0.436. The number of anilines is 5. The Labute approximate surface area is 193 Å². The van der Waals surface area contributed by atoms with Crippen molar-refractivity contribution in [1.82, 2.24) is 0 Å². The van der Waals surface area contributed by atoms with E-state index in [1.807, 2.05) is 0 Å². The van der Waals surface area contributed by atoms with Gasteiger partial charge in [0.25, 0.3) is 0 Å². The zero-order valence-corrected chi connectivity index (χ0v) is 19.4. The van der Waals surface area contributed by atoms with E-state index in [0.717, 1.165) is 24.8 Å². The first-order valence-electron chi connectivity index (χ1n) is 12.7. The maximum Gasteiger partial charge on any atom is 0.0877 e. The number of hydrogen-bond acceptors (Lipinski definition) is 4. The van der Waals surface area contributed by atoms with Gasteiger partial charge in [0.15, 0.2) is 0 Å². The molecule has 2 saturated carbocycles. The fraction of sp³-hybridized carbons (Fsp3) is 0.500. The fourth-order valence-corrected chi connectivity index (χ4v) is 5.90. The van der Waals surface area contributed by atoms with Crippen LogP contribution in [0.5, 0.6) is 0 Å². The summed E-state index contributed by atoms with van der Waals surface area (Å²) in [5, 5.41) is 7.41. The summed E-state index contributed by atoms with van der Waals surface area (Å²) < 4.78 is 0. The second-order valence-electron chi connectivity index (χ2n) is 9.82. The molecule has 0 saturated heterocycles. The molecule has 1 aliphatic heterocycles. The zero-order chi connectivity index (χ0) is 21.8. The summed E-state index contributed by atoms with van der Waals surface area (Å²) in [7, 11) is 0. The number of para-hydroxylation sites is 1. The molecule has 5 rings (SSSR count). The summed E-state index contributed by atoms with van der Waals surface area (Å²) in [6.07, 6.45) is 14.3. The van der Waals surface area contributed by atoms with Gasteiger partial charge in [0.1, 0.15) is 0 Å². The van der Waals surface area contributed by atoms with Crippen LogP contribution < -0.4 is 20.4 Å². The molecule has 4 heteroatoms. The van der Waals surface area contributed by atoms with Gasteiger partial charge in [-0.25, -0.2) is 0 Å². The SMILES string of the molecule is C=CCN(c1cc2c(cc1Nc1ccccc1)NCN2CC1CCCCC1)C1CCCC1. The first kappa shape index (κ1) is 21.2. The highest BCUT2D eigenvalue weighted by atomic mass is 15.3. The predicted octanol–water partition coefficient (Wildman–Crippen LogP) is 7.13. The molecule has 0 radical (unpaired) electrons. The van der Waals surface area contributed by atoms with E-state index in [1.54, 1.807) is 0 Å². The molecule has 0 spiro atoms. The summed E-state index contributed by atoms with van der Waals surface area (Å²) in [5.74, 6) is 0.834. The van der Waals surface area contributed by atoms with E-state index < -0.39 is 0 Å². The van der Waals surface area contributed by atoms with Gasteiger partial charge in [0.05, 0.1) is 29.4 Å². The summed E-state index contributed by atoms with van der Waals surface area (Å²) in [6, 6.07) is 15.9. The molecule has 0 amide bonds. The molecule has 2 fully saturated rings. The lowest BCUT2D eigenvalue weighted by molar-refractivity contribution is 0.360. The van der Waals surface area contributed by atoms with Crippen molar-refractivity contribution >= 4 is 28.4 Å². The van der Waals surface area contributed by atoms with Crippen LogP contribution in [-0.4, -0.2) is 25.8 Å². The minimum atomic E-state index is 0.600. The summed E-state index contributed by atoms with van der Waals surface area (Å²) in [5.41, 5.74) is 6.27. The molecule has 32 heavy (non-hydrogen) atoms. The smallest absolute Gasteiger partial charge is 0.0877 e. The van der Waals surface area contributed by atoms with E-state index in [2.05, 4.69) is 75.6 Å². The van der Waals surface area contributed by atoms with Gasteiger partial charge in [-0.15, -0.1) is 6.58 Å². The van der Waals surface area contributed by atoms with Crippen molar-refractivity contribution in [3.05, 3.63) is 55.1 Å². The van der Waals surface area contributed by atoms with Crippen LogP contribution >= 0.6 is 0 Å². The number of hydrogen-bond donors (Lipinski definition) is 2. The van der Waals surface area contributed by atoms with E-state index in [-0.39, 0.29) is 0 Å². The highest BCUT2D eigenvalue weighted by molar-refractivity contribution is 5.89. The lowest BCUT2D eigenvalue weighted by Gasteiger charge is -2.33. The molecule has 2 N–H and O–H groups in total. The summed E-state index contributed by atoms with van der Waals surface area (Å²) in [4.78, 5) is 5.19. The molecule has 2 aromatic rings. The van der Waals surface area contributed by atoms with Gasteiger partial charge in [0, 0.05) is 24.8 Å². The molecule has 0 aromatic heterocycles. The van der Waals surface area contributed by atoms with E-state index in [9.17, 15) is 0 Å². The van der Waals surface area contributed by atoms with Gasteiger partial charge in [0.2, 0.25) is 0 Å². The third kappa shape index (κ3) is 4.60. The van der Waals surface area contributed by atoms with E-state index in [1.165, 1.54) is 87.1 Å². The van der Waals surface area contributed by atoms with Crippen molar-refractivity contribution < 1.29 is 0 Å². The van der Waals surface area contributed by atoms with Crippen LogP contribution in [-0.2, 0) is 0 Å². The van der Waals surface area contributed by atoms with Crippen LogP contribution in [0.3, 0.4) is 0 Å². The van der Waals surface area contributed by atoms with Gasteiger partial charge < -0.3 is 20.4 Å². The van der Waals surface area contributed by atoms with E-state index >= 15 is 0 Å². The van der Waals surface area contributed by atoms with Crippen molar-refractivity contribution in [3.8, 4) is 0 Å². The molecule has 2 aliphatic carbocycles. The van der Waals surface area contributed by atoms with Crippen LogP contribution in [0.15, 0.2) is 55.1 Å². The first-order valence-corrected chi connectivity index (χ1v) is 12.7. The molecular weight excluding hydrogens is 392 g/mol. The highest BCUT2D eigenvalue weighted by Gasteiger charge is 2.29. The Hall–Kier alpha value is -2.62. The summed E-state index contributed by atoms with van der Waals surface area (Å²) >= 11 is 0. The number of benzene rings is 2. The van der Waals surface area contributed by atoms with Gasteiger partial charge in [-0.05, 0) is 55.9 Å². The van der Waals surface area contributed by atoms with E-state index in [0.29, 0.717) is 6.04 Å². The molecule has 3 aliphatic rings. The van der Waals surface area contributed by atoms with Crippen LogP contribution in [0.1, 0.15) is 57.8 Å². The molecule has 1 heterocycles. The fourth-order valence-electron chi connectivity index (χ4n) is 5.90. The molecule has 2 aromatic carbocycles. The van der Waals surface area contributed by atoms with Crippen LogP contribution in [0, 0.1) is 5.92 Å². The minimum Gasteiger partial charge on any atom is -0.366 e. The minimum absolute atomic E-state index is 0.600. The average Bonchev–Trinajstić information content (AvgIpc) is 3.49. The second-order valence-corrected chi connectivity index (χ2v) is 9.82. The predicted molar refractivity (Wildman–Crippen MR) is 138 cm³/mol. The maximum atomic E-state index is 4.09. The number of nitrogens with zero attached hydrogens (tertiary/aromatic N) is 2. The van der Waals surface area contributed by atoms with Crippen molar-refractivity contribution in [2.45, 2.75) is 63.8 Å². The first-order chi connectivity index (χ1) is 15.8. The zero-order valence-electron chi connectivity index (χ0n) is 19.4. The average molecular weight is 431 g/mol.